The monoisotopic (exact) mass is 391 g/mol. The molecule has 5 rings (SSSR count). The predicted octanol–water partition coefficient (Wildman–Crippen LogP) is 3.23. The van der Waals surface area contributed by atoms with Crippen molar-refractivity contribution in [2.75, 3.05) is 13.1 Å². The van der Waals surface area contributed by atoms with E-state index >= 15 is 0 Å². The number of aromatic nitrogens is 2. The predicted molar refractivity (Wildman–Crippen MR) is 107 cm³/mol. The van der Waals surface area contributed by atoms with Gasteiger partial charge in [0.1, 0.15) is 11.0 Å². The zero-order valence-electron chi connectivity index (χ0n) is 14.9. The van der Waals surface area contributed by atoms with Crippen molar-refractivity contribution in [2.24, 2.45) is 0 Å². The lowest BCUT2D eigenvalue weighted by Gasteiger charge is -2.37. The molecule has 0 bridgehead atoms. The van der Waals surface area contributed by atoms with Crippen LogP contribution in [0.15, 0.2) is 77.8 Å². The fourth-order valence-corrected chi connectivity index (χ4v) is 5.05. The van der Waals surface area contributed by atoms with Crippen LogP contribution >= 0.6 is 0 Å². The van der Waals surface area contributed by atoms with E-state index in [-0.39, 0.29) is 11.0 Å². The summed E-state index contributed by atoms with van der Waals surface area (Å²) in [5.74, 6) is 0.507. The van der Waals surface area contributed by atoms with Crippen molar-refractivity contribution < 1.29 is 13.2 Å². The van der Waals surface area contributed by atoms with Crippen LogP contribution in [0.4, 0.5) is 0 Å². The van der Waals surface area contributed by atoms with Crippen LogP contribution in [0.1, 0.15) is 0 Å². The molecule has 3 heterocycles. The Labute approximate surface area is 162 Å². The van der Waals surface area contributed by atoms with Gasteiger partial charge in [0.25, 0.3) is 0 Å². The van der Waals surface area contributed by atoms with Crippen LogP contribution in [0.2, 0.25) is 0 Å². The van der Waals surface area contributed by atoms with Crippen LogP contribution in [-0.2, 0) is 10.0 Å². The molecule has 0 spiro atoms. The first kappa shape index (κ1) is 17.1. The van der Waals surface area contributed by atoms with Crippen molar-refractivity contribution in [2.45, 2.75) is 11.0 Å². The Morgan fingerprint density at radius 3 is 2.57 bits per heavy atom. The number of rotatable bonds is 4. The number of ether oxygens (including phenoxy) is 1. The van der Waals surface area contributed by atoms with Gasteiger partial charge in [-0.05, 0) is 24.3 Å². The van der Waals surface area contributed by atoms with Crippen molar-refractivity contribution in [3.63, 3.8) is 0 Å². The first-order chi connectivity index (χ1) is 13.6. The van der Waals surface area contributed by atoms with E-state index in [2.05, 4.69) is 9.97 Å². The SMILES string of the molecule is O=S(=O)(c1cccc2cccnc12)N1CC(Oc2ccc3ccccc3n2)C1. The lowest BCUT2D eigenvalue weighted by molar-refractivity contribution is 0.0724. The first-order valence-electron chi connectivity index (χ1n) is 8.98. The van der Waals surface area contributed by atoms with Crippen LogP contribution < -0.4 is 4.74 Å². The number of hydrogen-bond acceptors (Lipinski definition) is 5. The molecule has 0 N–H and O–H groups in total. The third kappa shape index (κ3) is 2.89. The molecule has 2 aromatic carbocycles. The minimum absolute atomic E-state index is 0.216. The van der Waals surface area contributed by atoms with Crippen LogP contribution in [-0.4, -0.2) is 41.9 Å². The van der Waals surface area contributed by atoms with Gasteiger partial charge in [-0.25, -0.2) is 13.4 Å². The normalized spacial score (nSPS) is 15.6. The summed E-state index contributed by atoms with van der Waals surface area (Å²) >= 11 is 0. The summed E-state index contributed by atoms with van der Waals surface area (Å²) in [6.45, 7) is 0.583. The zero-order valence-corrected chi connectivity index (χ0v) is 15.7. The summed E-state index contributed by atoms with van der Waals surface area (Å²) in [6, 6.07) is 20.4. The number of benzene rings is 2. The van der Waals surface area contributed by atoms with Gasteiger partial charge >= 0.3 is 0 Å². The Morgan fingerprint density at radius 1 is 0.893 bits per heavy atom. The summed E-state index contributed by atoms with van der Waals surface area (Å²) in [5, 5.41) is 1.84. The Hall–Kier alpha value is -3.03. The largest absolute Gasteiger partial charge is 0.472 e. The fraction of sp³-hybridized carbons (Fsp3) is 0.143. The number of nitrogens with zero attached hydrogens (tertiary/aromatic N) is 3. The number of pyridine rings is 2. The lowest BCUT2D eigenvalue weighted by atomic mass is 10.2. The maximum atomic E-state index is 13.0. The van der Waals surface area contributed by atoms with Crippen molar-refractivity contribution in [1.82, 2.24) is 14.3 Å². The number of para-hydroxylation sites is 2. The van der Waals surface area contributed by atoms with Crippen molar-refractivity contribution in [3.8, 4) is 5.88 Å². The Bertz CT molecular complexity index is 1280. The molecule has 1 aliphatic rings. The van der Waals surface area contributed by atoms with Gasteiger partial charge < -0.3 is 4.74 Å². The highest BCUT2D eigenvalue weighted by Gasteiger charge is 2.39. The van der Waals surface area contributed by atoms with E-state index in [1.807, 2.05) is 48.5 Å². The second kappa shape index (κ2) is 6.54. The molecular formula is C21H17N3O3S. The third-order valence-electron chi connectivity index (χ3n) is 4.89. The van der Waals surface area contributed by atoms with E-state index in [0.717, 1.165) is 16.3 Å². The quantitative estimate of drug-likeness (QED) is 0.534. The highest BCUT2D eigenvalue weighted by atomic mass is 32.2. The van der Waals surface area contributed by atoms with Gasteiger partial charge in [0.05, 0.1) is 24.1 Å². The van der Waals surface area contributed by atoms with E-state index in [1.165, 1.54) is 4.31 Å². The molecule has 140 valence electrons. The van der Waals surface area contributed by atoms with Gasteiger partial charge in [0.2, 0.25) is 15.9 Å². The molecule has 0 amide bonds. The van der Waals surface area contributed by atoms with E-state index in [9.17, 15) is 8.42 Å². The highest BCUT2D eigenvalue weighted by molar-refractivity contribution is 7.89. The fourth-order valence-electron chi connectivity index (χ4n) is 3.38. The summed E-state index contributed by atoms with van der Waals surface area (Å²) in [7, 11) is -3.62. The van der Waals surface area contributed by atoms with Crippen LogP contribution in [0, 0.1) is 0 Å². The molecule has 0 unspecified atom stereocenters. The smallest absolute Gasteiger partial charge is 0.245 e. The molecule has 0 saturated carbocycles. The molecule has 1 aliphatic heterocycles. The van der Waals surface area contributed by atoms with Crippen molar-refractivity contribution >= 4 is 31.8 Å². The molecular weight excluding hydrogens is 374 g/mol. The minimum Gasteiger partial charge on any atom is -0.472 e. The summed E-state index contributed by atoms with van der Waals surface area (Å²) in [5.41, 5.74) is 1.34. The number of sulfonamides is 1. The summed E-state index contributed by atoms with van der Waals surface area (Å²) in [4.78, 5) is 8.97. The van der Waals surface area contributed by atoms with Gasteiger partial charge in [-0.1, -0.05) is 36.4 Å². The maximum Gasteiger partial charge on any atom is 0.245 e. The van der Waals surface area contributed by atoms with Gasteiger partial charge in [-0.2, -0.15) is 4.31 Å². The van der Waals surface area contributed by atoms with Gasteiger partial charge in [-0.15, -0.1) is 0 Å². The number of hydrogen-bond donors (Lipinski definition) is 0. The summed E-state index contributed by atoms with van der Waals surface area (Å²) < 4.78 is 33.3. The van der Waals surface area contributed by atoms with Gasteiger partial charge in [0.15, 0.2) is 0 Å². The molecule has 28 heavy (non-hydrogen) atoms. The Morgan fingerprint density at radius 2 is 1.68 bits per heavy atom. The standard InChI is InChI=1S/C21H17N3O3S/c25-28(26,19-9-3-6-16-7-4-12-22-21(16)19)24-13-17(14-24)27-20-11-10-15-5-1-2-8-18(15)23-20/h1-12,17H,13-14H2. The van der Waals surface area contributed by atoms with Crippen LogP contribution in [0.5, 0.6) is 5.88 Å². The maximum absolute atomic E-state index is 13.0. The topological polar surface area (TPSA) is 72.4 Å². The van der Waals surface area contributed by atoms with Crippen molar-refractivity contribution in [3.05, 3.63) is 72.9 Å². The zero-order chi connectivity index (χ0) is 19.1. The second-order valence-corrected chi connectivity index (χ2v) is 8.64. The molecule has 4 aromatic rings. The van der Waals surface area contributed by atoms with Crippen LogP contribution in [0.25, 0.3) is 21.8 Å². The van der Waals surface area contributed by atoms with Crippen molar-refractivity contribution in [1.29, 1.82) is 0 Å². The van der Waals surface area contributed by atoms with E-state index in [4.69, 9.17) is 4.74 Å². The average Bonchev–Trinajstić information content (AvgIpc) is 2.69. The number of fused-ring (bicyclic) bond motifs is 2. The average molecular weight is 391 g/mol. The summed E-state index contributed by atoms with van der Waals surface area (Å²) in [6.07, 6.45) is 1.39. The highest BCUT2D eigenvalue weighted by Crippen LogP contribution is 2.28. The molecule has 1 fully saturated rings. The minimum atomic E-state index is -3.62. The van der Waals surface area contributed by atoms with E-state index in [1.54, 1.807) is 24.4 Å². The molecule has 2 aromatic heterocycles. The third-order valence-corrected chi connectivity index (χ3v) is 6.75. The lowest BCUT2D eigenvalue weighted by Crippen LogP contribution is -2.56. The molecule has 0 aliphatic carbocycles. The first-order valence-corrected chi connectivity index (χ1v) is 10.4. The molecule has 0 radical (unpaired) electrons. The van der Waals surface area contributed by atoms with Gasteiger partial charge in [-0.3, -0.25) is 4.98 Å². The van der Waals surface area contributed by atoms with Gasteiger partial charge in [0, 0.05) is 23.0 Å². The Balaban J connectivity index is 1.34. The van der Waals surface area contributed by atoms with E-state index in [0.29, 0.717) is 24.5 Å². The second-order valence-electron chi connectivity index (χ2n) is 6.74. The molecule has 1 saturated heterocycles. The molecule has 0 atom stereocenters. The van der Waals surface area contributed by atoms with Crippen LogP contribution in [0.3, 0.4) is 0 Å². The molecule has 7 heteroatoms. The Kier molecular flexibility index (Phi) is 3.99. The molecule has 6 nitrogen and oxygen atoms in total. The van der Waals surface area contributed by atoms with E-state index < -0.39 is 10.0 Å².